The van der Waals surface area contributed by atoms with Crippen molar-refractivity contribution < 1.29 is 13.9 Å². The molecule has 2 rings (SSSR count). The van der Waals surface area contributed by atoms with Gasteiger partial charge in [0, 0.05) is 37.8 Å². The van der Waals surface area contributed by atoms with Crippen molar-refractivity contribution in [3.8, 4) is 5.75 Å². The number of nitrogen functional groups attached to an aromatic ring is 1. The number of anilines is 2. The Morgan fingerprint density at radius 1 is 1.45 bits per heavy atom. The van der Waals surface area contributed by atoms with Crippen LogP contribution < -0.4 is 15.8 Å². The predicted octanol–water partition coefficient (Wildman–Crippen LogP) is 1.55. The first-order valence-corrected chi connectivity index (χ1v) is 6.80. The van der Waals surface area contributed by atoms with Crippen molar-refractivity contribution in [2.75, 3.05) is 51.0 Å². The van der Waals surface area contributed by atoms with Crippen LogP contribution in [0.25, 0.3) is 0 Å². The van der Waals surface area contributed by atoms with Crippen LogP contribution in [0.5, 0.6) is 5.75 Å². The fourth-order valence-corrected chi connectivity index (χ4v) is 2.33. The van der Waals surface area contributed by atoms with Gasteiger partial charge in [0.25, 0.3) is 0 Å². The molecule has 1 aliphatic heterocycles. The van der Waals surface area contributed by atoms with Gasteiger partial charge < -0.3 is 20.5 Å². The summed E-state index contributed by atoms with van der Waals surface area (Å²) in [6.07, 6.45) is 0. The smallest absolute Gasteiger partial charge is 0.167 e. The van der Waals surface area contributed by atoms with Crippen molar-refractivity contribution >= 4 is 11.4 Å². The second kappa shape index (κ2) is 6.76. The van der Waals surface area contributed by atoms with Gasteiger partial charge in [-0.15, -0.1) is 0 Å². The monoisotopic (exact) mass is 283 g/mol. The average Bonchev–Trinajstić information content (AvgIpc) is 2.43. The van der Waals surface area contributed by atoms with E-state index in [1.807, 2.05) is 0 Å². The lowest BCUT2D eigenvalue weighted by molar-refractivity contribution is 0.0368. The highest BCUT2D eigenvalue weighted by atomic mass is 19.1. The fourth-order valence-electron chi connectivity index (χ4n) is 2.33. The summed E-state index contributed by atoms with van der Waals surface area (Å²) in [7, 11) is 1.44. The molecular weight excluding hydrogens is 261 g/mol. The van der Waals surface area contributed by atoms with Crippen molar-refractivity contribution in [2.45, 2.75) is 13.0 Å². The lowest BCUT2D eigenvalue weighted by Gasteiger charge is -2.30. The van der Waals surface area contributed by atoms with E-state index in [4.69, 9.17) is 15.2 Å². The third kappa shape index (κ3) is 3.74. The van der Waals surface area contributed by atoms with E-state index >= 15 is 0 Å². The summed E-state index contributed by atoms with van der Waals surface area (Å²) in [6, 6.07) is 3.08. The molecule has 0 aromatic heterocycles. The zero-order valence-corrected chi connectivity index (χ0v) is 12.0. The van der Waals surface area contributed by atoms with Crippen LogP contribution in [0.3, 0.4) is 0 Å². The van der Waals surface area contributed by atoms with Gasteiger partial charge in [-0.3, -0.25) is 4.90 Å². The van der Waals surface area contributed by atoms with Gasteiger partial charge in [0.05, 0.1) is 31.7 Å². The molecule has 5 nitrogen and oxygen atoms in total. The molecule has 0 bridgehead atoms. The number of hydrogen-bond donors (Lipinski definition) is 2. The molecule has 1 fully saturated rings. The molecule has 1 atom stereocenters. The zero-order chi connectivity index (χ0) is 14.5. The molecular formula is C14H22FN3O2. The number of morpholine rings is 1. The standard InChI is InChI=1S/C14H22FN3O2/c1-10(9-18-3-5-20-6-4-18)17-13-8-14(19-2)11(15)7-12(13)16/h7-8,10,17H,3-6,9,16H2,1-2H3. The number of methoxy groups -OCH3 is 1. The molecule has 0 radical (unpaired) electrons. The molecule has 1 aliphatic rings. The molecule has 0 aliphatic carbocycles. The van der Waals surface area contributed by atoms with Crippen LogP contribution in [0.4, 0.5) is 15.8 Å². The molecule has 1 unspecified atom stereocenters. The van der Waals surface area contributed by atoms with Gasteiger partial charge in [0.2, 0.25) is 0 Å². The number of hydrogen-bond acceptors (Lipinski definition) is 5. The normalized spacial score (nSPS) is 17.8. The van der Waals surface area contributed by atoms with Crippen LogP contribution in [0, 0.1) is 5.82 Å². The fraction of sp³-hybridized carbons (Fsp3) is 0.571. The Hall–Kier alpha value is -1.53. The number of halogens is 1. The van der Waals surface area contributed by atoms with Gasteiger partial charge in [0.15, 0.2) is 11.6 Å². The second-order valence-corrected chi connectivity index (χ2v) is 5.03. The highest BCUT2D eigenvalue weighted by Crippen LogP contribution is 2.28. The Labute approximate surface area is 118 Å². The average molecular weight is 283 g/mol. The summed E-state index contributed by atoms with van der Waals surface area (Å²) in [5.74, 6) is -0.253. The molecule has 6 heteroatoms. The molecule has 0 amide bonds. The van der Waals surface area contributed by atoms with E-state index < -0.39 is 5.82 Å². The number of nitrogens with zero attached hydrogens (tertiary/aromatic N) is 1. The Bertz CT molecular complexity index is 450. The van der Waals surface area contributed by atoms with Crippen molar-refractivity contribution in [1.82, 2.24) is 4.90 Å². The van der Waals surface area contributed by atoms with Crippen LogP contribution in [0.2, 0.25) is 0 Å². The molecule has 1 aromatic rings. The first kappa shape index (κ1) is 14.9. The van der Waals surface area contributed by atoms with Crippen LogP contribution >= 0.6 is 0 Å². The van der Waals surface area contributed by atoms with E-state index in [0.29, 0.717) is 11.4 Å². The zero-order valence-electron chi connectivity index (χ0n) is 12.0. The first-order valence-electron chi connectivity index (χ1n) is 6.80. The van der Waals surface area contributed by atoms with E-state index in [-0.39, 0.29) is 11.8 Å². The minimum absolute atomic E-state index is 0.195. The lowest BCUT2D eigenvalue weighted by Crippen LogP contribution is -2.42. The molecule has 20 heavy (non-hydrogen) atoms. The molecule has 3 N–H and O–H groups in total. The van der Waals surface area contributed by atoms with E-state index in [9.17, 15) is 4.39 Å². The van der Waals surface area contributed by atoms with Crippen LogP contribution in [-0.2, 0) is 4.74 Å². The quantitative estimate of drug-likeness (QED) is 0.803. The number of benzene rings is 1. The van der Waals surface area contributed by atoms with E-state index in [1.165, 1.54) is 13.2 Å². The number of rotatable bonds is 5. The van der Waals surface area contributed by atoms with Crippen molar-refractivity contribution in [1.29, 1.82) is 0 Å². The van der Waals surface area contributed by atoms with Gasteiger partial charge in [0.1, 0.15) is 0 Å². The van der Waals surface area contributed by atoms with Gasteiger partial charge in [-0.1, -0.05) is 0 Å². The van der Waals surface area contributed by atoms with E-state index in [0.717, 1.165) is 32.8 Å². The maximum Gasteiger partial charge on any atom is 0.167 e. The van der Waals surface area contributed by atoms with E-state index in [1.54, 1.807) is 6.07 Å². The van der Waals surface area contributed by atoms with Crippen LogP contribution in [0.15, 0.2) is 12.1 Å². The Kier molecular flexibility index (Phi) is 5.03. The third-order valence-corrected chi connectivity index (χ3v) is 3.36. The highest BCUT2D eigenvalue weighted by molar-refractivity contribution is 5.68. The summed E-state index contributed by atoms with van der Waals surface area (Å²) in [5, 5.41) is 3.31. The summed E-state index contributed by atoms with van der Waals surface area (Å²) in [6.45, 7) is 6.40. The molecule has 0 spiro atoms. The molecule has 1 aromatic carbocycles. The number of nitrogens with two attached hydrogens (primary N) is 1. The summed E-state index contributed by atoms with van der Waals surface area (Å²) >= 11 is 0. The van der Waals surface area contributed by atoms with Gasteiger partial charge >= 0.3 is 0 Å². The Morgan fingerprint density at radius 2 is 2.15 bits per heavy atom. The molecule has 0 saturated carbocycles. The molecule has 1 saturated heterocycles. The Balaban J connectivity index is 1.97. The van der Waals surface area contributed by atoms with Gasteiger partial charge in [-0.25, -0.2) is 4.39 Å². The maximum absolute atomic E-state index is 13.5. The second-order valence-electron chi connectivity index (χ2n) is 5.03. The largest absolute Gasteiger partial charge is 0.494 e. The predicted molar refractivity (Wildman–Crippen MR) is 77.7 cm³/mol. The lowest BCUT2D eigenvalue weighted by atomic mass is 10.2. The van der Waals surface area contributed by atoms with Crippen molar-refractivity contribution in [2.24, 2.45) is 0 Å². The minimum Gasteiger partial charge on any atom is -0.494 e. The minimum atomic E-state index is -0.448. The SMILES string of the molecule is COc1cc(NC(C)CN2CCOCC2)c(N)cc1F. The summed E-state index contributed by atoms with van der Waals surface area (Å²) < 4.78 is 23.8. The van der Waals surface area contributed by atoms with Crippen LogP contribution in [-0.4, -0.2) is 50.9 Å². The Morgan fingerprint density at radius 3 is 2.80 bits per heavy atom. The third-order valence-electron chi connectivity index (χ3n) is 3.36. The summed E-state index contributed by atoms with van der Waals surface area (Å²) in [4.78, 5) is 2.33. The highest BCUT2D eigenvalue weighted by Gasteiger charge is 2.15. The van der Waals surface area contributed by atoms with Gasteiger partial charge in [-0.05, 0) is 6.92 Å². The van der Waals surface area contributed by atoms with Gasteiger partial charge in [-0.2, -0.15) is 0 Å². The first-order chi connectivity index (χ1) is 9.60. The molecule has 1 heterocycles. The van der Waals surface area contributed by atoms with Crippen molar-refractivity contribution in [3.05, 3.63) is 17.9 Å². The molecule has 112 valence electrons. The van der Waals surface area contributed by atoms with Crippen LogP contribution in [0.1, 0.15) is 6.92 Å². The van der Waals surface area contributed by atoms with Crippen molar-refractivity contribution in [3.63, 3.8) is 0 Å². The maximum atomic E-state index is 13.5. The topological polar surface area (TPSA) is 59.8 Å². The summed E-state index contributed by atoms with van der Waals surface area (Å²) in [5.41, 5.74) is 6.92. The van der Waals surface area contributed by atoms with E-state index in [2.05, 4.69) is 17.1 Å². The number of nitrogens with one attached hydrogen (secondary N) is 1. The number of ether oxygens (including phenoxy) is 2.